The fraction of sp³-hybridized carbons (Fsp3) is 0.676. The van der Waals surface area contributed by atoms with Gasteiger partial charge >= 0.3 is 5.97 Å². The van der Waals surface area contributed by atoms with Crippen molar-refractivity contribution in [2.75, 3.05) is 31.2 Å². The molecule has 2 fully saturated rings. The Balaban J connectivity index is 1.74. The predicted octanol–water partition coefficient (Wildman–Crippen LogP) is 7.22. The Hall–Kier alpha value is -2.71. The quantitative estimate of drug-likeness (QED) is 0.203. The number of carbonyl (C=O) groups is 1. The summed E-state index contributed by atoms with van der Waals surface area (Å²) in [4.78, 5) is 25.7. The minimum absolute atomic E-state index is 0.165. The summed E-state index contributed by atoms with van der Waals surface area (Å²) in [6, 6.07) is 3.90. The Kier molecular flexibility index (Phi) is 10.5. The van der Waals surface area contributed by atoms with E-state index < -0.39 is 17.7 Å². The van der Waals surface area contributed by atoms with Crippen molar-refractivity contribution in [3.05, 3.63) is 35.8 Å². The number of carbonyl (C=O) groups excluding carboxylic acids is 1. The van der Waals surface area contributed by atoms with E-state index in [4.69, 9.17) is 28.9 Å². The van der Waals surface area contributed by atoms with Crippen molar-refractivity contribution in [1.29, 1.82) is 0 Å². The van der Waals surface area contributed by atoms with Crippen molar-refractivity contribution >= 4 is 11.7 Å². The summed E-state index contributed by atoms with van der Waals surface area (Å²) in [7, 11) is 0. The molecule has 0 amide bonds. The van der Waals surface area contributed by atoms with Crippen LogP contribution in [0.5, 0.6) is 5.75 Å². The van der Waals surface area contributed by atoms with Crippen molar-refractivity contribution in [2.45, 2.75) is 118 Å². The first-order chi connectivity index (χ1) is 19.9. The highest BCUT2D eigenvalue weighted by Gasteiger charge is 2.40. The standard InChI is InChI=1S/C34H51N3O5/c1-23(2)39-19-20-40-26-11-12-28(36-21-26)27-22-35-25(5)29(31(42-33(6,7)8)32(38)41-24(3)4)30(27)37-17-15-34(16-18-37)13-9-10-14-34/h11-12,21-24,31H,9-10,13-20H2,1-8H3/t31-/m0/s1. The number of aryl methyl sites for hydroxylation is 1. The highest BCUT2D eigenvalue weighted by Crippen LogP contribution is 2.49. The third-order valence-electron chi connectivity index (χ3n) is 8.21. The molecular formula is C34H51N3O5. The Morgan fingerprint density at radius 1 is 0.952 bits per heavy atom. The number of hydrogen-bond donors (Lipinski definition) is 0. The van der Waals surface area contributed by atoms with E-state index in [2.05, 4.69) is 4.90 Å². The molecule has 2 aromatic heterocycles. The lowest BCUT2D eigenvalue weighted by Crippen LogP contribution is -2.40. The number of hydrogen-bond acceptors (Lipinski definition) is 8. The maximum atomic E-state index is 13.6. The van der Waals surface area contributed by atoms with Crippen molar-refractivity contribution in [3.8, 4) is 17.0 Å². The summed E-state index contributed by atoms with van der Waals surface area (Å²) in [6.45, 7) is 18.4. The number of ether oxygens (including phenoxy) is 4. The number of rotatable bonds is 11. The molecule has 0 unspecified atom stereocenters. The minimum atomic E-state index is -0.916. The Morgan fingerprint density at radius 2 is 1.64 bits per heavy atom. The molecular weight excluding hydrogens is 530 g/mol. The van der Waals surface area contributed by atoms with E-state index in [-0.39, 0.29) is 12.2 Å². The van der Waals surface area contributed by atoms with E-state index in [0.717, 1.165) is 54.1 Å². The number of esters is 1. The highest BCUT2D eigenvalue weighted by molar-refractivity contribution is 5.86. The van der Waals surface area contributed by atoms with Gasteiger partial charge in [0.25, 0.3) is 0 Å². The summed E-state index contributed by atoms with van der Waals surface area (Å²) < 4.78 is 23.7. The molecule has 1 aliphatic carbocycles. The molecule has 2 aromatic rings. The topological polar surface area (TPSA) is 83.0 Å². The lowest BCUT2D eigenvalue weighted by atomic mass is 9.76. The van der Waals surface area contributed by atoms with Crippen LogP contribution < -0.4 is 9.64 Å². The Bertz CT molecular complexity index is 1170. The number of pyridine rings is 2. The number of aromatic nitrogens is 2. The second kappa shape index (κ2) is 13.7. The molecule has 3 heterocycles. The van der Waals surface area contributed by atoms with Crippen LogP contribution in [0.1, 0.15) is 104 Å². The first-order valence-electron chi connectivity index (χ1n) is 15.7. The van der Waals surface area contributed by atoms with E-state index in [1.54, 1.807) is 6.20 Å². The molecule has 42 heavy (non-hydrogen) atoms. The van der Waals surface area contributed by atoms with Crippen molar-refractivity contribution < 1.29 is 23.7 Å². The van der Waals surface area contributed by atoms with Gasteiger partial charge in [0.15, 0.2) is 6.10 Å². The molecule has 232 valence electrons. The first-order valence-corrected chi connectivity index (χ1v) is 15.7. The largest absolute Gasteiger partial charge is 0.490 e. The summed E-state index contributed by atoms with van der Waals surface area (Å²) in [6.07, 6.45) is 10.2. The second-order valence-electron chi connectivity index (χ2n) is 13.5. The van der Waals surface area contributed by atoms with Crippen LogP contribution in [0.3, 0.4) is 0 Å². The third-order valence-corrected chi connectivity index (χ3v) is 8.21. The molecule has 1 saturated heterocycles. The SMILES string of the molecule is Cc1ncc(-c2ccc(OCCOC(C)C)cn2)c(N2CCC3(CCCC3)CC2)c1[C@H](OC(C)(C)C)C(=O)OC(C)C. The normalized spacial score (nSPS) is 17.7. The second-order valence-corrected chi connectivity index (χ2v) is 13.5. The number of anilines is 1. The lowest BCUT2D eigenvalue weighted by Gasteiger charge is -2.42. The molecule has 8 heteroatoms. The predicted molar refractivity (Wildman–Crippen MR) is 166 cm³/mol. The van der Waals surface area contributed by atoms with E-state index in [9.17, 15) is 4.79 Å². The van der Waals surface area contributed by atoms with Gasteiger partial charge in [0.2, 0.25) is 0 Å². The van der Waals surface area contributed by atoms with Crippen LogP contribution in [0.25, 0.3) is 11.3 Å². The fourth-order valence-electron chi connectivity index (χ4n) is 6.22. The van der Waals surface area contributed by atoms with Gasteiger partial charge in [0.1, 0.15) is 12.4 Å². The van der Waals surface area contributed by atoms with Crippen molar-refractivity contribution in [2.24, 2.45) is 5.41 Å². The average molecular weight is 582 g/mol. The molecule has 0 radical (unpaired) electrons. The zero-order valence-corrected chi connectivity index (χ0v) is 27.0. The first kappa shape index (κ1) is 32.2. The Morgan fingerprint density at radius 3 is 2.21 bits per heavy atom. The van der Waals surface area contributed by atoms with Crippen LogP contribution in [-0.4, -0.2) is 60.0 Å². The lowest BCUT2D eigenvalue weighted by molar-refractivity contribution is -0.171. The summed E-state index contributed by atoms with van der Waals surface area (Å²) in [5, 5.41) is 0. The molecule has 0 bridgehead atoms. The average Bonchev–Trinajstić information content (AvgIpc) is 3.37. The van der Waals surface area contributed by atoms with Crippen LogP contribution in [0.2, 0.25) is 0 Å². The highest BCUT2D eigenvalue weighted by atomic mass is 16.6. The molecule has 8 nitrogen and oxygen atoms in total. The third kappa shape index (κ3) is 8.22. The van der Waals surface area contributed by atoms with E-state index in [0.29, 0.717) is 24.4 Å². The number of nitrogens with zero attached hydrogens (tertiary/aromatic N) is 3. The summed E-state index contributed by atoms with van der Waals surface area (Å²) in [5.74, 6) is 0.288. The molecule has 1 atom stereocenters. The van der Waals surface area contributed by atoms with E-state index >= 15 is 0 Å². The van der Waals surface area contributed by atoms with Gasteiger partial charge in [-0.3, -0.25) is 9.97 Å². The smallest absolute Gasteiger partial charge is 0.340 e. The van der Waals surface area contributed by atoms with Gasteiger partial charge in [0, 0.05) is 36.1 Å². The van der Waals surface area contributed by atoms with Crippen LogP contribution in [0.15, 0.2) is 24.5 Å². The Labute approximate surface area is 252 Å². The molecule has 4 rings (SSSR count). The maximum Gasteiger partial charge on any atom is 0.340 e. The van der Waals surface area contributed by atoms with Crippen LogP contribution in [0, 0.1) is 12.3 Å². The van der Waals surface area contributed by atoms with Crippen LogP contribution >= 0.6 is 0 Å². The molecule has 1 spiro atoms. The molecule has 0 aromatic carbocycles. The van der Waals surface area contributed by atoms with Gasteiger partial charge in [-0.05, 0) is 98.6 Å². The van der Waals surface area contributed by atoms with Gasteiger partial charge < -0.3 is 23.8 Å². The molecule has 1 saturated carbocycles. The molecule has 0 N–H and O–H groups in total. The summed E-state index contributed by atoms with van der Waals surface area (Å²) >= 11 is 0. The fourth-order valence-corrected chi connectivity index (χ4v) is 6.22. The van der Waals surface area contributed by atoms with Gasteiger partial charge in [0.05, 0.1) is 42.0 Å². The van der Waals surface area contributed by atoms with Gasteiger partial charge in [-0.15, -0.1) is 0 Å². The van der Waals surface area contributed by atoms with E-state index in [1.807, 2.05) is 73.7 Å². The maximum absolute atomic E-state index is 13.6. The van der Waals surface area contributed by atoms with Gasteiger partial charge in [-0.1, -0.05) is 12.8 Å². The number of piperidine rings is 1. The molecule has 2 aliphatic rings. The monoisotopic (exact) mass is 581 g/mol. The van der Waals surface area contributed by atoms with Crippen molar-refractivity contribution in [1.82, 2.24) is 9.97 Å². The van der Waals surface area contributed by atoms with Gasteiger partial charge in [-0.25, -0.2) is 4.79 Å². The van der Waals surface area contributed by atoms with E-state index in [1.165, 1.54) is 25.7 Å². The van der Waals surface area contributed by atoms with Crippen molar-refractivity contribution in [3.63, 3.8) is 0 Å². The molecule has 1 aliphatic heterocycles. The summed E-state index contributed by atoms with van der Waals surface area (Å²) in [5.41, 5.74) is 4.03. The van der Waals surface area contributed by atoms with Gasteiger partial charge in [-0.2, -0.15) is 0 Å². The zero-order chi connectivity index (χ0) is 30.5. The van der Waals surface area contributed by atoms with Crippen LogP contribution in [0.4, 0.5) is 5.69 Å². The van der Waals surface area contributed by atoms with Crippen LogP contribution in [-0.2, 0) is 19.0 Å². The zero-order valence-electron chi connectivity index (χ0n) is 27.0. The minimum Gasteiger partial charge on any atom is -0.490 e.